The van der Waals surface area contributed by atoms with Gasteiger partial charge in [-0.05, 0) is 49.2 Å². The van der Waals surface area contributed by atoms with E-state index in [9.17, 15) is 0 Å². The monoisotopic (exact) mass is 292 g/mol. The Bertz CT molecular complexity index is 603. The predicted octanol–water partition coefficient (Wildman–Crippen LogP) is 3.78. The Kier molecular flexibility index (Phi) is 4.02. The Morgan fingerprint density at radius 2 is 1.84 bits per heavy atom. The van der Waals surface area contributed by atoms with Crippen molar-refractivity contribution in [1.82, 2.24) is 4.98 Å². The van der Waals surface area contributed by atoms with Gasteiger partial charge in [-0.1, -0.05) is 23.8 Å². The van der Waals surface area contributed by atoms with E-state index in [0.29, 0.717) is 11.4 Å². The minimum Gasteiger partial charge on any atom is -0.456 e. The highest BCUT2D eigenvalue weighted by Crippen LogP contribution is 2.28. The highest BCUT2D eigenvalue weighted by atomic mass is 35.5. The molecular weight excluding hydrogens is 280 g/mol. The van der Waals surface area contributed by atoms with E-state index in [1.54, 1.807) is 18.3 Å². The maximum absolute atomic E-state index is 6.11. The zero-order chi connectivity index (χ0) is 14.0. The van der Waals surface area contributed by atoms with Gasteiger partial charge in [0.2, 0.25) is 0 Å². The smallest absolute Gasteiger partial charge is 0.145 e. The van der Waals surface area contributed by atoms with Gasteiger partial charge in [-0.3, -0.25) is 0 Å². The van der Waals surface area contributed by atoms with E-state index in [1.807, 2.05) is 26.0 Å². The summed E-state index contributed by atoms with van der Waals surface area (Å²) in [4.78, 5) is 4.39. The normalized spacial score (nSPS) is 10.3. The van der Waals surface area contributed by atoms with Gasteiger partial charge in [0.05, 0.1) is 11.9 Å². The lowest BCUT2D eigenvalue weighted by Gasteiger charge is -2.09. The number of nitrogens with zero attached hydrogens (tertiary/aromatic N) is 1. The Labute approximate surface area is 122 Å². The fraction of sp³-hybridized carbons (Fsp3) is 0.143. The van der Waals surface area contributed by atoms with E-state index in [-0.39, 0.29) is 4.99 Å². The number of benzene rings is 1. The molecule has 0 saturated heterocycles. The topological polar surface area (TPSA) is 48.1 Å². The number of thiocarbonyl (C=S) groups is 1. The minimum atomic E-state index is 0.268. The van der Waals surface area contributed by atoms with Crippen molar-refractivity contribution < 1.29 is 4.74 Å². The first-order valence-corrected chi connectivity index (χ1v) is 6.46. The van der Waals surface area contributed by atoms with Crippen molar-refractivity contribution >= 4 is 28.8 Å². The van der Waals surface area contributed by atoms with Crippen LogP contribution in [0.1, 0.15) is 16.8 Å². The van der Waals surface area contributed by atoms with Gasteiger partial charge in [-0.2, -0.15) is 0 Å². The average Bonchev–Trinajstić information content (AvgIpc) is 2.36. The maximum Gasteiger partial charge on any atom is 0.145 e. The van der Waals surface area contributed by atoms with Gasteiger partial charge in [0, 0.05) is 5.02 Å². The fourth-order valence-corrected chi connectivity index (χ4v) is 1.92. The van der Waals surface area contributed by atoms with Crippen LogP contribution >= 0.6 is 23.8 Å². The van der Waals surface area contributed by atoms with E-state index in [1.165, 1.54) is 0 Å². The van der Waals surface area contributed by atoms with Crippen LogP contribution in [0.2, 0.25) is 5.02 Å². The van der Waals surface area contributed by atoms with Gasteiger partial charge in [0.1, 0.15) is 16.5 Å². The lowest BCUT2D eigenvalue weighted by Crippen LogP contribution is -2.10. The molecule has 98 valence electrons. The number of nitrogens with two attached hydrogens (primary N) is 1. The highest BCUT2D eigenvalue weighted by Gasteiger charge is 2.05. The standard InChI is InChI=1S/C14H13ClN2OS/c1-8-5-11(6-9(2)13(8)15)18-10-3-4-12(14(16)19)17-7-10/h3-7H,1-2H3,(H2,16,19). The van der Waals surface area contributed by atoms with Crippen molar-refractivity contribution in [3.05, 3.63) is 52.3 Å². The van der Waals surface area contributed by atoms with Gasteiger partial charge in [-0.15, -0.1) is 0 Å². The molecule has 2 rings (SSSR count). The fourth-order valence-electron chi connectivity index (χ4n) is 1.69. The van der Waals surface area contributed by atoms with Crippen LogP contribution in [-0.2, 0) is 0 Å². The molecule has 0 aliphatic heterocycles. The number of aromatic nitrogens is 1. The molecule has 0 aliphatic carbocycles. The van der Waals surface area contributed by atoms with Gasteiger partial charge in [0.25, 0.3) is 0 Å². The van der Waals surface area contributed by atoms with Crippen molar-refractivity contribution in [2.24, 2.45) is 5.73 Å². The molecule has 1 aromatic heterocycles. The largest absolute Gasteiger partial charge is 0.456 e. The molecule has 0 amide bonds. The molecule has 0 unspecified atom stereocenters. The van der Waals surface area contributed by atoms with Crippen LogP contribution in [0.4, 0.5) is 0 Å². The molecule has 3 nitrogen and oxygen atoms in total. The summed E-state index contributed by atoms with van der Waals surface area (Å²) < 4.78 is 5.72. The third-order valence-electron chi connectivity index (χ3n) is 2.63. The lowest BCUT2D eigenvalue weighted by atomic mass is 10.1. The van der Waals surface area contributed by atoms with Crippen LogP contribution < -0.4 is 10.5 Å². The third-order valence-corrected chi connectivity index (χ3v) is 3.44. The van der Waals surface area contributed by atoms with E-state index < -0.39 is 0 Å². The summed E-state index contributed by atoms with van der Waals surface area (Å²) >= 11 is 11.0. The van der Waals surface area contributed by atoms with Crippen LogP contribution in [0.3, 0.4) is 0 Å². The van der Waals surface area contributed by atoms with E-state index in [0.717, 1.165) is 21.9 Å². The molecule has 0 atom stereocenters. The number of hydrogen-bond acceptors (Lipinski definition) is 3. The molecule has 2 N–H and O–H groups in total. The first-order valence-electron chi connectivity index (χ1n) is 5.68. The molecular formula is C14H13ClN2OS. The lowest BCUT2D eigenvalue weighted by molar-refractivity contribution is 0.479. The van der Waals surface area contributed by atoms with E-state index in [2.05, 4.69) is 4.98 Å². The molecule has 1 heterocycles. The number of rotatable bonds is 3. The summed E-state index contributed by atoms with van der Waals surface area (Å²) in [5.41, 5.74) is 8.01. The van der Waals surface area contributed by atoms with Crippen LogP contribution in [0.25, 0.3) is 0 Å². The summed E-state index contributed by atoms with van der Waals surface area (Å²) in [5.74, 6) is 1.35. The molecule has 0 spiro atoms. The second-order valence-corrected chi connectivity index (χ2v) is 5.03. The second kappa shape index (κ2) is 5.55. The van der Waals surface area contributed by atoms with Crippen molar-refractivity contribution in [2.45, 2.75) is 13.8 Å². The van der Waals surface area contributed by atoms with Crippen LogP contribution in [-0.4, -0.2) is 9.97 Å². The first-order chi connectivity index (χ1) is 8.97. The molecule has 0 bridgehead atoms. The van der Waals surface area contributed by atoms with E-state index >= 15 is 0 Å². The quantitative estimate of drug-likeness (QED) is 0.875. The number of ether oxygens (including phenoxy) is 1. The molecule has 5 heteroatoms. The van der Waals surface area contributed by atoms with Crippen LogP contribution in [0, 0.1) is 13.8 Å². The van der Waals surface area contributed by atoms with E-state index in [4.69, 9.17) is 34.3 Å². The van der Waals surface area contributed by atoms with Gasteiger partial charge >= 0.3 is 0 Å². The van der Waals surface area contributed by atoms with Crippen LogP contribution in [0.15, 0.2) is 30.5 Å². The maximum atomic E-state index is 6.11. The van der Waals surface area contributed by atoms with Gasteiger partial charge in [0.15, 0.2) is 0 Å². The van der Waals surface area contributed by atoms with Crippen molar-refractivity contribution in [3.63, 3.8) is 0 Å². The molecule has 0 saturated carbocycles. The Balaban J connectivity index is 2.24. The molecule has 0 fully saturated rings. The molecule has 0 radical (unpaired) electrons. The molecule has 1 aromatic carbocycles. The van der Waals surface area contributed by atoms with Gasteiger partial charge < -0.3 is 10.5 Å². The molecule has 0 aliphatic rings. The number of halogens is 1. The summed E-state index contributed by atoms with van der Waals surface area (Å²) in [6, 6.07) is 7.28. The van der Waals surface area contributed by atoms with Crippen molar-refractivity contribution in [2.75, 3.05) is 0 Å². The molecule has 19 heavy (non-hydrogen) atoms. The van der Waals surface area contributed by atoms with Crippen molar-refractivity contribution in [1.29, 1.82) is 0 Å². The number of hydrogen-bond donors (Lipinski definition) is 1. The number of pyridine rings is 1. The summed E-state index contributed by atoms with van der Waals surface area (Å²) in [7, 11) is 0. The first kappa shape index (κ1) is 13.8. The van der Waals surface area contributed by atoms with Crippen molar-refractivity contribution in [3.8, 4) is 11.5 Å². The Morgan fingerprint density at radius 3 is 2.32 bits per heavy atom. The minimum absolute atomic E-state index is 0.268. The summed E-state index contributed by atoms with van der Waals surface area (Å²) in [6.45, 7) is 3.88. The van der Waals surface area contributed by atoms with Gasteiger partial charge in [-0.25, -0.2) is 4.98 Å². The summed E-state index contributed by atoms with van der Waals surface area (Å²) in [5, 5.41) is 0.759. The zero-order valence-electron chi connectivity index (χ0n) is 10.6. The zero-order valence-corrected chi connectivity index (χ0v) is 12.2. The molecule has 2 aromatic rings. The second-order valence-electron chi connectivity index (χ2n) is 4.22. The van der Waals surface area contributed by atoms with Crippen LogP contribution in [0.5, 0.6) is 11.5 Å². The Morgan fingerprint density at radius 1 is 1.21 bits per heavy atom. The SMILES string of the molecule is Cc1cc(Oc2ccc(C(N)=S)nc2)cc(C)c1Cl. The third kappa shape index (κ3) is 3.22. The average molecular weight is 293 g/mol. The summed E-state index contributed by atoms with van der Waals surface area (Å²) in [6.07, 6.45) is 1.59. The Hall–Kier alpha value is -1.65. The number of aryl methyl sites for hydroxylation is 2. The predicted molar refractivity (Wildman–Crippen MR) is 81.1 cm³/mol. The highest BCUT2D eigenvalue weighted by molar-refractivity contribution is 7.80.